The maximum absolute atomic E-state index is 13.9. The van der Waals surface area contributed by atoms with Crippen LogP contribution in [-0.4, -0.2) is 24.3 Å². The molecule has 0 heterocycles. The number of hydrogen-bond acceptors (Lipinski definition) is 4. The minimum atomic E-state index is -1.81. The van der Waals surface area contributed by atoms with Crippen molar-refractivity contribution in [1.82, 2.24) is 0 Å². The van der Waals surface area contributed by atoms with Gasteiger partial charge in [0.2, 0.25) is 0 Å². The summed E-state index contributed by atoms with van der Waals surface area (Å²) in [5.41, 5.74) is 0.205. The predicted octanol–water partition coefficient (Wildman–Crippen LogP) is 1.23. The zero-order chi connectivity index (χ0) is 15.4. The Labute approximate surface area is 120 Å². The average molecular weight is 294 g/mol. The van der Waals surface area contributed by atoms with Gasteiger partial charge in [0, 0.05) is 17.1 Å². The molecule has 0 aliphatic rings. The van der Waals surface area contributed by atoms with Crippen LogP contribution in [0.1, 0.15) is 5.56 Å². The Morgan fingerprint density at radius 1 is 1.10 bits per heavy atom. The molecule has 0 aliphatic carbocycles. The lowest BCUT2D eigenvalue weighted by atomic mass is 9.79. The number of hydrogen-bond donors (Lipinski definition) is 2. The van der Waals surface area contributed by atoms with Crippen LogP contribution in [-0.2, 0) is 6.61 Å². The van der Waals surface area contributed by atoms with Crippen LogP contribution in [0, 0.1) is 11.6 Å². The van der Waals surface area contributed by atoms with E-state index in [4.69, 9.17) is 9.47 Å². The van der Waals surface area contributed by atoms with E-state index in [9.17, 15) is 18.8 Å². The summed E-state index contributed by atoms with van der Waals surface area (Å²) < 4.78 is 37.3. The van der Waals surface area contributed by atoms with Crippen molar-refractivity contribution in [3.63, 3.8) is 0 Å². The van der Waals surface area contributed by atoms with Crippen LogP contribution in [0.2, 0.25) is 0 Å². The van der Waals surface area contributed by atoms with Gasteiger partial charge in [0.1, 0.15) is 18.2 Å². The summed E-state index contributed by atoms with van der Waals surface area (Å²) in [5, 5.41) is 18.4. The Morgan fingerprint density at radius 2 is 1.86 bits per heavy atom. The molecule has 2 rings (SSSR count). The summed E-state index contributed by atoms with van der Waals surface area (Å²) in [6.07, 6.45) is 0. The first-order valence-corrected chi connectivity index (χ1v) is 6.12. The minimum absolute atomic E-state index is 0.000274. The maximum Gasteiger partial charge on any atom is 0.492 e. The molecule has 0 amide bonds. The van der Waals surface area contributed by atoms with E-state index in [0.29, 0.717) is 0 Å². The highest BCUT2D eigenvalue weighted by Crippen LogP contribution is 2.21. The second kappa shape index (κ2) is 6.56. The minimum Gasteiger partial charge on any atom is -0.494 e. The molecule has 4 nitrogen and oxygen atoms in total. The fourth-order valence-electron chi connectivity index (χ4n) is 1.83. The van der Waals surface area contributed by atoms with Crippen molar-refractivity contribution in [1.29, 1.82) is 0 Å². The largest absolute Gasteiger partial charge is 0.494 e. The Hall–Kier alpha value is -2.12. The summed E-state index contributed by atoms with van der Waals surface area (Å²) in [4.78, 5) is 0. The monoisotopic (exact) mass is 294 g/mol. The van der Waals surface area contributed by atoms with Crippen LogP contribution in [0.3, 0.4) is 0 Å². The molecule has 21 heavy (non-hydrogen) atoms. The van der Waals surface area contributed by atoms with Crippen LogP contribution in [0.5, 0.6) is 11.5 Å². The molecule has 0 bridgehead atoms. The van der Waals surface area contributed by atoms with Gasteiger partial charge in [-0.25, -0.2) is 8.78 Å². The van der Waals surface area contributed by atoms with Crippen molar-refractivity contribution >= 4 is 12.6 Å². The van der Waals surface area contributed by atoms with E-state index in [1.807, 2.05) is 0 Å². The van der Waals surface area contributed by atoms with E-state index in [1.54, 1.807) is 6.07 Å². The molecule has 2 aromatic carbocycles. The SMILES string of the molecule is COc1cccc(COc2cc(F)ccc2B(O)O)c1F. The summed E-state index contributed by atoms with van der Waals surface area (Å²) in [7, 11) is -0.466. The smallest absolute Gasteiger partial charge is 0.492 e. The van der Waals surface area contributed by atoms with Gasteiger partial charge in [0.05, 0.1) is 7.11 Å². The number of rotatable bonds is 5. The van der Waals surface area contributed by atoms with E-state index >= 15 is 0 Å². The Balaban J connectivity index is 2.22. The van der Waals surface area contributed by atoms with Gasteiger partial charge >= 0.3 is 7.12 Å². The molecule has 110 valence electrons. The molecule has 0 aromatic heterocycles. The molecule has 0 atom stereocenters. The maximum atomic E-state index is 13.9. The highest BCUT2D eigenvalue weighted by Gasteiger charge is 2.18. The number of methoxy groups -OCH3 is 1. The van der Waals surface area contributed by atoms with E-state index in [1.165, 1.54) is 25.3 Å². The van der Waals surface area contributed by atoms with E-state index in [-0.39, 0.29) is 29.1 Å². The van der Waals surface area contributed by atoms with Crippen molar-refractivity contribution in [2.24, 2.45) is 0 Å². The number of benzene rings is 2. The molecule has 0 radical (unpaired) electrons. The first-order chi connectivity index (χ1) is 10.0. The van der Waals surface area contributed by atoms with Gasteiger partial charge in [-0.05, 0) is 12.1 Å². The molecular weight excluding hydrogens is 281 g/mol. The molecule has 7 heteroatoms. The Kier molecular flexibility index (Phi) is 4.77. The van der Waals surface area contributed by atoms with Gasteiger partial charge in [0.15, 0.2) is 11.6 Å². The van der Waals surface area contributed by atoms with Gasteiger partial charge in [-0.3, -0.25) is 0 Å². The van der Waals surface area contributed by atoms with Crippen molar-refractivity contribution in [3.05, 3.63) is 53.6 Å². The van der Waals surface area contributed by atoms with Crippen LogP contribution < -0.4 is 14.9 Å². The molecule has 0 unspecified atom stereocenters. The third-order valence-corrected chi connectivity index (χ3v) is 2.90. The lowest BCUT2D eigenvalue weighted by Gasteiger charge is -2.12. The van der Waals surface area contributed by atoms with E-state index < -0.39 is 18.8 Å². The molecule has 0 saturated heterocycles. The zero-order valence-corrected chi connectivity index (χ0v) is 11.2. The highest BCUT2D eigenvalue weighted by atomic mass is 19.1. The first kappa shape index (κ1) is 15.3. The van der Waals surface area contributed by atoms with Crippen LogP contribution in [0.25, 0.3) is 0 Å². The van der Waals surface area contributed by atoms with Gasteiger partial charge < -0.3 is 19.5 Å². The standard InChI is InChI=1S/C14H13BF2O4/c1-20-12-4-2-3-9(14(12)17)8-21-13-7-10(16)5-6-11(13)15(18)19/h2-7,18-19H,8H2,1H3. The molecule has 0 aliphatic heterocycles. The molecule has 2 aromatic rings. The quantitative estimate of drug-likeness (QED) is 0.814. The number of halogens is 2. The lowest BCUT2D eigenvalue weighted by molar-refractivity contribution is 0.295. The van der Waals surface area contributed by atoms with Crippen molar-refractivity contribution in [2.45, 2.75) is 6.61 Å². The van der Waals surface area contributed by atoms with Crippen molar-refractivity contribution in [2.75, 3.05) is 7.11 Å². The normalized spacial score (nSPS) is 10.3. The van der Waals surface area contributed by atoms with Crippen LogP contribution in [0.15, 0.2) is 36.4 Å². The highest BCUT2D eigenvalue weighted by molar-refractivity contribution is 6.59. The van der Waals surface area contributed by atoms with E-state index in [2.05, 4.69) is 0 Å². The summed E-state index contributed by atoms with van der Waals surface area (Å²) in [6.45, 7) is -0.202. The van der Waals surface area contributed by atoms with Gasteiger partial charge in [0.25, 0.3) is 0 Å². The summed E-state index contributed by atoms with van der Waals surface area (Å²) >= 11 is 0. The molecule has 0 saturated carbocycles. The zero-order valence-electron chi connectivity index (χ0n) is 11.2. The lowest BCUT2D eigenvalue weighted by Crippen LogP contribution is -2.31. The van der Waals surface area contributed by atoms with Gasteiger partial charge in [-0.15, -0.1) is 0 Å². The third kappa shape index (κ3) is 3.50. The summed E-state index contributed by atoms with van der Waals surface area (Å²) in [6, 6.07) is 7.82. The first-order valence-electron chi connectivity index (χ1n) is 6.12. The Bertz CT molecular complexity index is 634. The van der Waals surface area contributed by atoms with Gasteiger partial charge in [-0.1, -0.05) is 18.2 Å². The second-order valence-corrected chi connectivity index (χ2v) is 4.28. The Morgan fingerprint density at radius 3 is 2.52 bits per heavy atom. The molecule has 0 fully saturated rings. The van der Waals surface area contributed by atoms with Crippen LogP contribution >= 0.6 is 0 Å². The third-order valence-electron chi connectivity index (χ3n) is 2.90. The molecule has 0 spiro atoms. The fourth-order valence-corrected chi connectivity index (χ4v) is 1.83. The number of ether oxygens (including phenoxy) is 2. The van der Waals surface area contributed by atoms with E-state index in [0.717, 1.165) is 12.1 Å². The predicted molar refractivity (Wildman–Crippen MR) is 73.5 cm³/mol. The topological polar surface area (TPSA) is 58.9 Å². The molecular formula is C14H13BF2O4. The van der Waals surface area contributed by atoms with Crippen molar-refractivity contribution < 1.29 is 28.3 Å². The fraction of sp³-hybridized carbons (Fsp3) is 0.143. The molecule has 2 N–H and O–H groups in total. The van der Waals surface area contributed by atoms with Crippen LogP contribution in [0.4, 0.5) is 8.78 Å². The average Bonchev–Trinajstić information content (AvgIpc) is 2.46. The second-order valence-electron chi connectivity index (χ2n) is 4.28. The van der Waals surface area contributed by atoms with Crippen molar-refractivity contribution in [3.8, 4) is 11.5 Å². The summed E-state index contributed by atoms with van der Waals surface area (Å²) in [5.74, 6) is -1.17. The van der Waals surface area contributed by atoms with Gasteiger partial charge in [-0.2, -0.15) is 0 Å².